The molecule has 4 heteroatoms. The topological polar surface area (TPSA) is 58.6 Å². The molecule has 1 amide bonds. The molecule has 0 saturated carbocycles. The van der Waals surface area contributed by atoms with Crippen LogP contribution in [0.3, 0.4) is 0 Å². The maximum Gasteiger partial charge on any atom is 0.412 e. The van der Waals surface area contributed by atoms with Crippen LogP contribution in [0.4, 0.5) is 10.5 Å². The number of ether oxygens (including phenoxy) is 1. The van der Waals surface area contributed by atoms with Crippen LogP contribution in [-0.4, -0.2) is 22.9 Å². The Labute approximate surface area is 114 Å². The number of anilines is 1. The van der Waals surface area contributed by atoms with Gasteiger partial charge in [0.15, 0.2) is 0 Å². The number of hydrogen-bond donors (Lipinski definition) is 2. The van der Waals surface area contributed by atoms with Crippen molar-refractivity contribution in [2.24, 2.45) is 0 Å². The Kier molecular flexibility index (Phi) is 5.36. The van der Waals surface area contributed by atoms with E-state index in [-0.39, 0.29) is 6.10 Å². The number of rotatable bonds is 4. The van der Waals surface area contributed by atoms with Gasteiger partial charge in [-0.25, -0.2) is 4.79 Å². The maximum absolute atomic E-state index is 11.6. The molecular weight excluding hydrogens is 242 g/mol. The summed E-state index contributed by atoms with van der Waals surface area (Å²) in [7, 11) is 0. The first-order valence-corrected chi connectivity index (χ1v) is 6.53. The van der Waals surface area contributed by atoms with Gasteiger partial charge in [0.2, 0.25) is 0 Å². The lowest BCUT2D eigenvalue weighted by Crippen LogP contribution is -2.27. The SMILES string of the molecule is C[C@H](O)CCc1ccc(NC(=O)OC(C)(C)C)cc1. The molecule has 0 heterocycles. The number of amides is 1. The molecule has 0 unspecified atom stereocenters. The summed E-state index contributed by atoms with van der Waals surface area (Å²) in [4.78, 5) is 11.6. The van der Waals surface area contributed by atoms with E-state index in [0.29, 0.717) is 5.69 Å². The number of aliphatic hydroxyl groups excluding tert-OH is 1. The molecule has 1 aromatic carbocycles. The zero-order valence-electron chi connectivity index (χ0n) is 12.1. The molecule has 0 fully saturated rings. The minimum absolute atomic E-state index is 0.292. The zero-order valence-corrected chi connectivity index (χ0v) is 12.1. The van der Waals surface area contributed by atoms with Crippen LogP contribution in [0.1, 0.15) is 39.7 Å². The smallest absolute Gasteiger partial charge is 0.412 e. The van der Waals surface area contributed by atoms with Gasteiger partial charge in [0.05, 0.1) is 6.10 Å². The summed E-state index contributed by atoms with van der Waals surface area (Å²) in [6, 6.07) is 7.55. The van der Waals surface area contributed by atoms with Crippen molar-refractivity contribution in [1.82, 2.24) is 0 Å². The molecule has 1 rings (SSSR count). The number of hydrogen-bond acceptors (Lipinski definition) is 3. The lowest BCUT2D eigenvalue weighted by molar-refractivity contribution is 0.0636. The molecule has 0 aliphatic rings. The Morgan fingerprint density at radius 3 is 2.37 bits per heavy atom. The average Bonchev–Trinajstić information content (AvgIpc) is 2.25. The van der Waals surface area contributed by atoms with Crippen molar-refractivity contribution >= 4 is 11.8 Å². The molecule has 4 nitrogen and oxygen atoms in total. The first-order chi connectivity index (χ1) is 8.76. The van der Waals surface area contributed by atoms with Crippen LogP contribution >= 0.6 is 0 Å². The van der Waals surface area contributed by atoms with Gasteiger partial charge in [0.25, 0.3) is 0 Å². The van der Waals surface area contributed by atoms with E-state index >= 15 is 0 Å². The summed E-state index contributed by atoms with van der Waals surface area (Å²) >= 11 is 0. The molecule has 0 bridgehead atoms. The van der Waals surface area contributed by atoms with Gasteiger partial charge in [0, 0.05) is 5.69 Å². The molecule has 2 N–H and O–H groups in total. The quantitative estimate of drug-likeness (QED) is 0.877. The fourth-order valence-electron chi connectivity index (χ4n) is 1.55. The van der Waals surface area contributed by atoms with Gasteiger partial charge in [-0.15, -0.1) is 0 Å². The van der Waals surface area contributed by atoms with E-state index < -0.39 is 11.7 Å². The summed E-state index contributed by atoms with van der Waals surface area (Å²) in [5.41, 5.74) is 1.34. The minimum atomic E-state index is -0.499. The lowest BCUT2D eigenvalue weighted by atomic mass is 10.1. The number of benzene rings is 1. The van der Waals surface area contributed by atoms with Gasteiger partial charge >= 0.3 is 6.09 Å². The van der Waals surface area contributed by atoms with E-state index in [2.05, 4.69) is 5.32 Å². The van der Waals surface area contributed by atoms with Crippen molar-refractivity contribution in [3.8, 4) is 0 Å². The molecular formula is C15H23NO3. The molecule has 106 valence electrons. The van der Waals surface area contributed by atoms with Gasteiger partial charge in [-0.2, -0.15) is 0 Å². The number of carbonyl (C=O) groups is 1. The molecule has 1 aromatic rings. The Morgan fingerprint density at radius 2 is 1.89 bits per heavy atom. The third-order valence-electron chi connectivity index (χ3n) is 2.45. The molecule has 1 atom stereocenters. The Morgan fingerprint density at radius 1 is 1.32 bits per heavy atom. The predicted octanol–water partition coefficient (Wildman–Crippen LogP) is 3.35. The maximum atomic E-state index is 11.6. The highest BCUT2D eigenvalue weighted by molar-refractivity contribution is 5.84. The van der Waals surface area contributed by atoms with E-state index in [0.717, 1.165) is 18.4 Å². The molecule has 0 aliphatic carbocycles. The highest BCUT2D eigenvalue weighted by Crippen LogP contribution is 2.14. The largest absolute Gasteiger partial charge is 0.444 e. The molecule has 0 saturated heterocycles. The van der Waals surface area contributed by atoms with E-state index in [4.69, 9.17) is 4.74 Å². The second-order valence-electron chi connectivity index (χ2n) is 5.71. The number of carbonyl (C=O) groups excluding carboxylic acids is 1. The summed E-state index contributed by atoms with van der Waals surface area (Å²) in [6.07, 6.45) is 0.812. The highest BCUT2D eigenvalue weighted by Gasteiger charge is 2.15. The second kappa shape index (κ2) is 6.57. The van der Waals surface area contributed by atoms with Crippen molar-refractivity contribution in [2.45, 2.75) is 52.2 Å². The number of aryl methyl sites for hydroxylation is 1. The van der Waals surface area contributed by atoms with Crippen LogP contribution in [0.15, 0.2) is 24.3 Å². The van der Waals surface area contributed by atoms with Crippen molar-refractivity contribution in [1.29, 1.82) is 0 Å². The van der Waals surface area contributed by atoms with Crippen LogP contribution in [0.5, 0.6) is 0 Å². The monoisotopic (exact) mass is 265 g/mol. The van der Waals surface area contributed by atoms with Gasteiger partial charge in [-0.3, -0.25) is 5.32 Å². The zero-order chi connectivity index (χ0) is 14.5. The fraction of sp³-hybridized carbons (Fsp3) is 0.533. The third-order valence-corrected chi connectivity index (χ3v) is 2.45. The first-order valence-electron chi connectivity index (χ1n) is 6.53. The Bertz CT molecular complexity index is 404. The highest BCUT2D eigenvalue weighted by atomic mass is 16.6. The second-order valence-corrected chi connectivity index (χ2v) is 5.71. The average molecular weight is 265 g/mol. The minimum Gasteiger partial charge on any atom is -0.444 e. The predicted molar refractivity (Wildman–Crippen MR) is 76.3 cm³/mol. The number of nitrogens with one attached hydrogen (secondary N) is 1. The van der Waals surface area contributed by atoms with E-state index in [1.54, 1.807) is 6.92 Å². The summed E-state index contributed by atoms with van der Waals surface area (Å²) < 4.78 is 5.17. The van der Waals surface area contributed by atoms with E-state index in [1.165, 1.54) is 0 Å². The molecule has 0 aliphatic heterocycles. The van der Waals surface area contributed by atoms with Gasteiger partial charge in [0.1, 0.15) is 5.60 Å². The molecule has 0 radical (unpaired) electrons. The van der Waals surface area contributed by atoms with Crippen LogP contribution in [0, 0.1) is 0 Å². The Hall–Kier alpha value is -1.55. The summed E-state index contributed by atoms with van der Waals surface area (Å²) in [5, 5.41) is 11.9. The standard InChI is InChI=1S/C15H23NO3/c1-11(17)5-6-12-7-9-13(10-8-12)16-14(18)19-15(2,3)4/h7-11,17H,5-6H2,1-4H3,(H,16,18)/t11-/m0/s1. The third kappa shape index (κ3) is 6.82. The first kappa shape index (κ1) is 15.5. The molecule has 0 aromatic heterocycles. The van der Waals surface area contributed by atoms with Crippen LogP contribution < -0.4 is 5.32 Å². The van der Waals surface area contributed by atoms with Crippen molar-refractivity contribution < 1.29 is 14.6 Å². The fourth-order valence-corrected chi connectivity index (χ4v) is 1.55. The summed E-state index contributed by atoms with van der Waals surface area (Å²) in [5.74, 6) is 0. The van der Waals surface area contributed by atoms with Crippen LogP contribution in [-0.2, 0) is 11.2 Å². The van der Waals surface area contributed by atoms with Crippen molar-refractivity contribution in [3.63, 3.8) is 0 Å². The molecule has 0 spiro atoms. The summed E-state index contributed by atoms with van der Waals surface area (Å²) in [6.45, 7) is 7.25. The van der Waals surface area contributed by atoms with Crippen LogP contribution in [0.25, 0.3) is 0 Å². The van der Waals surface area contributed by atoms with Crippen LogP contribution in [0.2, 0.25) is 0 Å². The Balaban J connectivity index is 2.50. The molecule has 19 heavy (non-hydrogen) atoms. The van der Waals surface area contributed by atoms with Gasteiger partial charge in [-0.1, -0.05) is 12.1 Å². The lowest BCUT2D eigenvalue weighted by Gasteiger charge is -2.19. The van der Waals surface area contributed by atoms with Gasteiger partial charge in [-0.05, 0) is 58.2 Å². The number of aliphatic hydroxyl groups is 1. The van der Waals surface area contributed by atoms with E-state index in [1.807, 2.05) is 45.0 Å². The van der Waals surface area contributed by atoms with Crippen molar-refractivity contribution in [2.75, 3.05) is 5.32 Å². The van der Waals surface area contributed by atoms with E-state index in [9.17, 15) is 9.90 Å². The van der Waals surface area contributed by atoms with Crippen molar-refractivity contribution in [3.05, 3.63) is 29.8 Å². The normalized spacial score (nSPS) is 12.9. The van der Waals surface area contributed by atoms with Gasteiger partial charge < -0.3 is 9.84 Å².